The minimum atomic E-state index is -0.904. The second-order valence-corrected chi connectivity index (χ2v) is 5.06. The Balaban J connectivity index is 2.07. The van der Waals surface area contributed by atoms with Gasteiger partial charge >= 0.3 is 5.97 Å². The van der Waals surface area contributed by atoms with Gasteiger partial charge in [-0.05, 0) is 25.0 Å². The maximum atomic E-state index is 12.1. The number of pyridine rings is 1. The van der Waals surface area contributed by atoms with Crippen LogP contribution in [0.4, 0.5) is 5.82 Å². The quantitative estimate of drug-likeness (QED) is 0.835. The van der Waals surface area contributed by atoms with Crippen LogP contribution in [0.5, 0.6) is 0 Å². The number of aromatic nitrogens is 1. The molecule has 0 saturated heterocycles. The predicted molar refractivity (Wildman–Crippen MR) is 71.0 cm³/mol. The Hall–Kier alpha value is -1.62. The van der Waals surface area contributed by atoms with E-state index < -0.39 is 17.8 Å². The molecule has 0 bridgehead atoms. The lowest BCUT2D eigenvalue weighted by molar-refractivity contribution is -0.147. The van der Waals surface area contributed by atoms with E-state index in [1.54, 1.807) is 18.2 Å². The van der Waals surface area contributed by atoms with Gasteiger partial charge in [-0.25, -0.2) is 4.98 Å². The summed E-state index contributed by atoms with van der Waals surface area (Å²) in [5, 5.41) is 12.1. The van der Waals surface area contributed by atoms with Crippen molar-refractivity contribution in [3.8, 4) is 0 Å². The molecule has 5 nitrogen and oxygen atoms in total. The molecule has 1 saturated carbocycles. The zero-order chi connectivity index (χ0) is 13.8. The maximum absolute atomic E-state index is 12.1. The Morgan fingerprint density at radius 1 is 1.26 bits per heavy atom. The van der Waals surface area contributed by atoms with E-state index in [1.165, 1.54) is 0 Å². The van der Waals surface area contributed by atoms with E-state index >= 15 is 0 Å². The molecule has 0 aliphatic heterocycles. The molecule has 19 heavy (non-hydrogen) atoms. The summed E-state index contributed by atoms with van der Waals surface area (Å²) in [6.45, 7) is 0. The van der Waals surface area contributed by atoms with Crippen LogP contribution in [0, 0.1) is 11.8 Å². The SMILES string of the molecule is O=C(O)[C@H]1CCCC[C@H]1C(=O)Nc1cccc(Cl)n1. The summed E-state index contributed by atoms with van der Waals surface area (Å²) in [5.74, 6) is -1.94. The number of amides is 1. The molecule has 2 rings (SSSR count). The summed E-state index contributed by atoms with van der Waals surface area (Å²) >= 11 is 5.74. The zero-order valence-electron chi connectivity index (χ0n) is 10.3. The molecule has 2 atom stereocenters. The summed E-state index contributed by atoms with van der Waals surface area (Å²) in [6, 6.07) is 4.92. The van der Waals surface area contributed by atoms with Gasteiger partial charge in [0.05, 0.1) is 11.8 Å². The number of carboxylic acids is 1. The first-order valence-corrected chi connectivity index (χ1v) is 6.62. The van der Waals surface area contributed by atoms with Crippen LogP contribution >= 0.6 is 11.6 Å². The van der Waals surface area contributed by atoms with Gasteiger partial charge in [-0.1, -0.05) is 30.5 Å². The minimum absolute atomic E-state index is 0.288. The van der Waals surface area contributed by atoms with Gasteiger partial charge in [-0.2, -0.15) is 0 Å². The van der Waals surface area contributed by atoms with Crippen molar-refractivity contribution in [3.05, 3.63) is 23.4 Å². The zero-order valence-corrected chi connectivity index (χ0v) is 11.1. The van der Waals surface area contributed by atoms with Gasteiger partial charge in [0.1, 0.15) is 11.0 Å². The van der Waals surface area contributed by atoms with E-state index in [9.17, 15) is 9.59 Å². The molecule has 2 N–H and O–H groups in total. The summed E-state index contributed by atoms with van der Waals surface area (Å²) in [7, 11) is 0. The number of rotatable bonds is 3. The van der Waals surface area contributed by atoms with Gasteiger partial charge in [0.2, 0.25) is 5.91 Å². The molecule has 1 aliphatic rings. The normalized spacial score (nSPS) is 22.8. The van der Waals surface area contributed by atoms with Gasteiger partial charge in [0.25, 0.3) is 0 Å². The van der Waals surface area contributed by atoms with Crippen molar-refractivity contribution in [2.75, 3.05) is 5.32 Å². The Kier molecular flexibility index (Phi) is 4.37. The predicted octanol–water partition coefficient (Wildman–Crippen LogP) is 2.56. The number of carbonyl (C=O) groups is 2. The first-order chi connectivity index (χ1) is 9.08. The maximum Gasteiger partial charge on any atom is 0.307 e. The molecule has 0 aromatic carbocycles. The van der Waals surface area contributed by atoms with Crippen LogP contribution in [-0.4, -0.2) is 22.0 Å². The lowest BCUT2D eigenvalue weighted by atomic mass is 9.79. The van der Waals surface area contributed by atoms with E-state index in [-0.39, 0.29) is 11.1 Å². The number of carboxylic acid groups (broad SMARTS) is 1. The largest absolute Gasteiger partial charge is 0.481 e. The first kappa shape index (κ1) is 13.8. The van der Waals surface area contributed by atoms with Crippen molar-refractivity contribution in [3.63, 3.8) is 0 Å². The molecular formula is C13H15ClN2O3. The van der Waals surface area contributed by atoms with Crippen molar-refractivity contribution >= 4 is 29.3 Å². The average Bonchev–Trinajstić information content (AvgIpc) is 2.38. The standard InChI is InChI=1S/C13H15ClN2O3/c14-10-6-3-7-11(15-10)16-12(17)8-4-1-2-5-9(8)13(18)19/h3,6-9H,1-2,4-5H2,(H,18,19)(H,15,16,17)/t8-,9+/m1/s1. The van der Waals surface area contributed by atoms with Crippen molar-refractivity contribution in [2.24, 2.45) is 11.8 Å². The molecule has 1 heterocycles. The highest BCUT2D eigenvalue weighted by Crippen LogP contribution is 2.31. The fourth-order valence-corrected chi connectivity index (χ4v) is 2.60. The third-order valence-corrected chi connectivity index (χ3v) is 3.60. The van der Waals surface area contributed by atoms with Crippen LogP contribution in [0.1, 0.15) is 25.7 Å². The van der Waals surface area contributed by atoms with Crippen molar-refractivity contribution in [2.45, 2.75) is 25.7 Å². The third-order valence-electron chi connectivity index (χ3n) is 3.39. The number of hydrogen-bond acceptors (Lipinski definition) is 3. The molecule has 6 heteroatoms. The molecule has 0 spiro atoms. The van der Waals surface area contributed by atoms with Gasteiger partial charge in [0.15, 0.2) is 0 Å². The molecule has 0 radical (unpaired) electrons. The van der Waals surface area contributed by atoms with E-state index in [4.69, 9.17) is 16.7 Å². The number of halogens is 1. The Morgan fingerprint density at radius 3 is 2.58 bits per heavy atom. The van der Waals surface area contributed by atoms with Gasteiger partial charge in [-0.3, -0.25) is 9.59 Å². The first-order valence-electron chi connectivity index (χ1n) is 6.24. The number of aliphatic carboxylic acids is 1. The summed E-state index contributed by atoms with van der Waals surface area (Å²) < 4.78 is 0. The lowest BCUT2D eigenvalue weighted by Gasteiger charge is -2.27. The molecule has 102 valence electrons. The van der Waals surface area contributed by atoms with Gasteiger partial charge in [0, 0.05) is 0 Å². The Morgan fingerprint density at radius 2 is 1.95 bits per heavy atom. The van der Waals surface area contributed by atoms with Crippen molar-refractivity contribution in [1.82, 2.24) is 4.98 Å². The number of nitrogens with zero attached hydrogens (tertiary/aromatic N) is 1. The van der Waals surface area contributed by atoms with Crippen LogP contribution in [-0.2, 0) is 9.59 Å². The second kappa shape index (κ2) is 6.02. The van der Waals surface area contributed by atoms with Gasteiger partial charge < -0.3 is 10.4 Å². The second-order valence-electron chi connectivity index (χ2n) is 4.67. The summed E-state index contributed by atoms with van der Waals surface area (Å²) in [4.78, 5) is 27.3. The van der Waals surface area contributed by atoms with E-state index in [1.807, 2.05) is 0 Å². The molecule has 1 fully saturated rings. The van der Waals surface area contributed by atoms with Crippen molar-refractivity contribution in [1.29, 1.82) is 0 Å². The van der Waals surface area contributed by atoms with Crippen LogP contribution in [0.2, 0.25) is 5.15 Å². The summed E-state index contributed by atoms with van der Waals surface area (Å²) in [6.07, 6.45) is 2.89. The number of anilines is 1. The fraction of sp³-hybridized carbons (Fsp3) is 0.462. The summed E-state index contributed by atoms with van der Waals surface area (Å²) in [5.41, 5.74) is 0. The highest BCUT2D eigenvalue weighted by molar-refractivity contribution is 6.29. The number of carbonyl (C=O) groups excluding carboxylic acids is 1. The monoisotopic (exact) mass is 282 g/mol. The smallest absolute Gasteiger partial charge is 0.307 e. The highest BCUT2D eigenvalue weighted by Gasteiger charge is 2.35. The molecule has 0 unspecified atom stereocenters. The minimum Gasteiger partial charge on any atom is -0.481 e. The van der Waals surface area contributed by atoms with E-state index in [0.717, 1.165) is 12.8 Å². The number of hydrogen-bond donors (Lipinski definition) is 2. The van der Waals surface area contributed by atoms with E-state index in [2.05, 4.69) is 10.3 Å². The van der Waals surface area contributed by atoms with E-state index in [0.29, 0.717) is 18.7 Å². The van der Waals surface area contributed by atoms with Crippen LogP contribution < -0.4 is 5.32 Å². The molecule has 1 aromatic heterocycles. The van der Waals surface area contributed by atoms with Crippen LogP contribution in [0.25, 0.3) is 0 Å². The lowest BCUT2D eigenvalue weighted by Crippen LogP contribution is -2.36. The van der Waals surface area contributed by atoms with Crippen LogP contribution in [0.3, 0.4) is 0 Å². The molecular weight excluding hydrogens is 268 g/mol. The Labute approximate surface area is 116 Å². The number of nitrogens with one attached hydrogen (secondary N) is 1. The third kappa shape index (κ3) is 3.44. The van der Waals surface area contributed by atoms with Crippen LogP contribution in [0.15, 0.2) is 18.2 Å². The average molecular weight is 283 g/mol. The molecule has 1 aliphatic carbocycles. The fourth-order valence-electron chi connectivity index (χ4n) is 2.44. The molecule has 1 amide bonds. The highest BCUT2D eigenvalue weighted by atomic mass is 35.5. The van der Waals surface area contributed by atoms with Gasteiger partial charge in [-0.15, -0.1) is 0 Å². The van der Waals surface area contributed by atoms with Crippen molar-refractivity contribution < 1.29 is 14.7 Å². The Bertz CT molecular complexity index is 493. The molecule has 1 aromatic rings. The topological polar surface area (TPSA) is 79.3 Å².